The van der Waals surface area contributed by atoms with Gasteiger partial charge in [0.2, 0.25) is 0 Å². The van der Waals surface area contributed by atoms with Crippen LogP contribution in [0, 0.1) is 5.92 Å². The van der Waals surface area contributed by atoms with Gasteiger partial charge in [-0.1, -0.05) is 26.0 Å². The lowest BCUT2D eigenvalue weighted by atomic mass is 10.0. The van der Waals surface area contributed by atoms with E-state index in [1.54, 1.807) is 12.4 Å². The lowest BCUT2D eigenvalue weighted by molar-refractivity contribution is 0.0600. The monoisotopic (exact) mass is 379 g/mol. The van der Waals surface area contributed by atoms with Crippen LogP contribution in [0.1, 0.15) is 36.1 Å². The van der Waals surface area contributed by atoms with Crippen LogP contribution in [0.2, 0.25) is 0 Å². The molecular formula is C20H21N5O3. The number of aromatic nitrogens is 5. The summed E-state index contributed by atoms with van der Waals surface area (Å²) in [4.78, 5) is 29.4. The molecule has 2 aliphatic heterocycles. The summed E-state index contributed by atoms with van der Waals surface area (Å²) in [6.07, 6.45) is 3.40. The molecule has 1 atom stereocenters. The van der Waals surface area contributed by atoms with E-state index in [0.29, 0.717) is 11.3 Å². The average molecular weight is 379 g/mol. The number of rotatable bonds is 4. The van der Waals surface area contributed by atoms with Crippen molar-refractivity contribution in [1.29, 1.82) is 0 Å². The summed E-state index contributed by atoms with van der Waals surface area (Å²) >= 11 is 0. The number of esters is 1. The SMILES string of the molecule is COC(=O)c1cn(C(c2nc3ccccc3n2C)C(C)C)cc2c(=O)[nH]nc1-2. The maximum atomic E-state index is 12.3. The molecule has 0 amide bonds. The largest absolute Gasteiger partial charge is 0.465 e. The van der Waals surface area contributed by atoms with E-state index in [2.05, 4.69) is 24.0 Å². The van der Waals surface area contributed by atoms with Crippen molar-refractivity contribution in [2.45, 2.75) is 19.9 Å². The van der Waals surface area contributed by atoms with Crippen molar-refractivity contribution in [3.05, 3.63) is 58.4 Å². The molecule has 0 aliphatic carbocycles. The van der Waals surface area contributed by atoms with Crippen LogP contribution in [-0.2, 0) is 11.8 Å². The van der Waals surface area contributed by atoms with E-state index in [1.165, 1.54) is 7.11 Å². The molecule has 0 radical (unpaired) electrons. The van der Waals surface area contributed by atoms with E-state index in [9.17, 15) is 9.59 Å². The van der Waals surface area contributed by atoms with Crippen LogP contribution in [-0.4, -0.2) is 37.4 Å². The first-order chi connectivity index (χ1) is 13.4. The molecule has 144 valence electrons. The molecule has 0 bridgehead atoms. The smallest absolute Gasteiger partial charge is 0.341 e. The number of nitrogens with one attached hydrogen (secondary N) is 1. The van der Waals surface area contributed by atoms with E-state index in [1.807, 2.05) is 40.4 Å². The van der Waals surface area contributed by atoms with Crippen molar-refractivity contribution in [1.82, 2.24) is 24.3 Å². The summed E-state index contributed by atoms with van der Waals surface area (Å²) in [7, 11) is 3.28. The number of hydrogen-bond acceptors (Lipinski definition) is 5. The number of aryl methyl sites for hydroxylation is 1. The number of nitrogens with zero attached hydrogens (tertiary/aromatic N) is 4. The van der Waals surface area contributed by atoms with Crippen molar-refractivity contribution in [3.63, 3.8) is 0 Å². The van der Waals surface area contributed by atoms with Gasteiger partial charge in [-0.2, -0.15) is 5.10 Å². The summed E-state index contributed by atoms with van der Waals surface area (Å²) in [5.74, 6) is 0.441. The molecule has 0 fully saturated rings. The van der Waals surface area contributed by atoms with Crippen molar-refractivity contribution in [2.75, 3.05) is 7.11 Å². The van der Waals surface area contributed by atoms with Crippen molar-refractivity contribution >= 4 is 17.0 Å². The zero-order valence-corrected chi connectivity index (χ0v) is 16.1. The van der Waals surface area contributed by atoms with Gasteiger partial charge in [0.25, 0.3) is 5.56 Å². The van der Waals surface area contributed by atoms with Crippen molar-refractivity contribution in [3.8, 4) is 11.3 Å². The number of methoxy groups -OCH3 is 1. The number of hydrogen-bond donors (Lipinski definition) is 1. The fourth-order valence-corrected chi connectivity index (χ4v) is 3.68. The first kappa shape index (κ1) is 18.0. The van der Waals surface area contributed by atoms with E-state index >= 15 is 0 Å². The number of carbonyl (C=O) groups excluding carboxylic acids is 1. The number of H-pyrrole nitrogens is 1. The molecule has 1 unspecified atom stereocenters. The second-order valence-electron chi connectivity index (χ2n) is 7.13. The van der Waals surface area contributed by atoms with Crippen LogP contribution >= 0.6 is 0 Å². The Morgan fingerprint density at radius 2 is 1.96 bits per heavy atom. The zero-order chi connectivity index (χ0) is 20.0. The maximum Gasteiger partial charge on any atom is 0.341 e. The summed E-state index contributed by atoms with van der Waals surface area (Å²) in [6, 6.07) is 7.72. The Labute approximate surface area is 161 Å². The second-order valence-corrected chi connectivity index (χ2v) is 7.13. The van der Waals surface area contributed by atoms with Crippen LogP contribution in [0.25, 0.3) is 22.3 Å². The van der Waals surface area contributed by atoms with Gasteiger partial charge in [0.05, 0.1) is 29.7 Å². The van der Waals surface area contributed by atoms with Gasteiger partial charge in [-0.05, 0) is 18.1 Å². The third kappa shape index (κ3) is 2.69. The molecular weight excluding hydrogens is 358 g/mol. The average Bonchev–Trinajstić information content (AvgIpc) is 3.22. The zero-order valence-electron chi connectivity index (χ0n) is 16.1. The van der Waals surface area contributed by atoms with E-state index < -0.39 is 5.97 Å². The Morgan fingerprint density at radius 3 is 2.64 bits per heavy atom. The van der Waals surface area contributed by atoms with Crippen molar-refractivity contribution < 1.29 is 9.53 Å². The lowest BCUT2D eigenvalue weighted by Gasteiger charge is -2.25. The molecule has 28 heavy (non-hydrogen) atoms. The second kappa shape index (κ2) is 6.63. The standard InChI is InChI=1S/C20H21N5O3/c1-11(2)17(18-21-14-7-5-6-8-15(14)24(18)3)25-9-12-16(22-23-19(12)26)13(10-25)20(27)28-4/h5-11,17H,1-4H3,(H,23,26). The predicted molar refractivity (Wildman–Crippen MR) is 105 cm³/mol. The van der Waals surface area contributed by atoms with Crippen LogP contribution in [0.5, 0.6) is 0 Å². The Hall–Kier alpha value is -3.42. The topological polar surface area (TPSA) is 94.8 Å². The first-order valence-electron chi connectivity index (χ1n) is 9.02. The number of carbonyl (C=O) groups is 1. The quantitative estimate of drug-likeness (QED) is 0.550. The van der Waals surface area contributed by atoms with Crippen LogP contribution in [0.4, 0.5) is 0 Å². The Bertz CT molecular complexity index is 1200. The van der Waals surface area contributed by atoms with Crippen LogP contribution in [0.3, 0.4) is 0 Å². The van der Waals surface area contributed by atoms with Gasteiger partial charge < -0.3 is 13.9 Å². The Morgan fingerprint density at radius 1 is 1.21 bits per heavy atom. The molecule has 2 aromatic rings. The fraction of sp³-hybridized carbons (Fsp3) is 0.300. The number of aromatic amines is 1. The first-order valence-corrected chi connectivity index (χ1v) is 9.02. The van der Waals surface area contributed by atoms with Gasteiger partial charge >= 0.3 is 5.97 Å². The number of benzene rings is 1. The molecule has 1 aromatic heterocycles. The maximum absolute atomic E-state index is 12.3. The van der Waals surface area contributed by atoms with Crippen molar-refractivity contribution in [2.24, 2.45) is 13.0 Å². The highest BCUT2D eigenvalue weighted by atomic mass is 16.5. The number of imidazole rings is 1. The van der Waals surface area contributed by atoms with Gasteiger partial charge in [0.15, 0.2) is 0 Å². The van der Waals surface area contributed by atoms with E-state index in [0.717, 1.165) is 16.9 Å². The minimum Gasteiger partial charge on any atom is -0.465 e. The summed E-state index contributed by atoms with van der Waals surface area (Å²) < 4.78 is 8.80. The minimum absolute atomic E-state index is 0.144. The molecule has 0 saturated heterocycles. The van der Waals surface area contributed by atoms with Gasteiger partial charge in [0.1, 0.15) is 17.1 Å². The Kier molecular flexibility index (Phi) is 4.26. The lowest BCUT2D eigenvalue weighted by Crippen LogP contribution is -2.23. The highest BCUT2D eigenvalue weighted by molar-refractivity contribution is 5.96. The van der Waals surface area contributed by atoms with Crippen LogP contribution in [0.15, 0.2) is 41.5 Å². The molecule has 0 spiro atoms. The molecule has 1 N–H and O–H groups in total. The highest BCUT2D eigenvalue weighted by Gasteiger charge is 2.28. The van der Waals surface area contributed by atoms with Gasteiger partial charge in [-0.15, -0.1) is 0 Å². The third-order valence-electron chi connectivity index (χ3n) is 5.02. The molecule has 3 heterocycles. The summed E-state index contributed by atoms with van der Waals surface area (Å²) in [5, 5.41) is 6.40. The number of para-hydroxylation sites is 2. The predicted octanol–water partition coefficient (Wildman–Crippen LogP) is 2.59. The number of pyridine rings is 1. The molecule has 2 aliphatic rings. The van der Waals surface area contributed by atoms with Crippen LogP contribution < -0.4 is 5.56 Å². The number of ether oxygens (including phenoxy) is 1. The summed E-state index contributed by atoms with van der Waals surface area (Å²) in [5.41, 5.74) is 2.46. The normalized spacial score (nSPS) is 12.8. The highest BCUT2D eigenvalue weighted by Crippen LogP contribution is 2.31. The van der Waals surface area contributed by atoms with Gasteiger partial charge in [-0.3, -0.25) is 4.79 Å². The molecule has 1 aromatic carbocycles. The Balaban J connectivity index is 1.98. The van der Waals surface area contributed by atoms with E-state index in [4.69, 9.17) is 9.72 Å². The molecule has 0 saturated carbocycles. The van der Waals surface area contributed by atoms with E-state index in [-0.39, 0.29) is 23.1 Å². The molecule has 4 rings (SSSR count). The molecule has 8 nitrogen and oxygen atoms in total. The van der Waals surface area contributed by atoms with Gasteiger partial charge in [-0.25, -0.2) is 14.9 Å². The van der Waals surface area contributed by atoms with Gasteiger partial charge in [0, 0.05) is 19.4 Å². The number of fused-ring (bicyclic) bond motifs is 2. The summed E-state index contributed by atoms with van der Waals surface area (Å²) in [6.45, 7) is 4.15. The molecule has 8 heteroatoms. The minimum atomic E-state index is -0.543. The third-order valence-corrected chi connectivity index (χ3v) is 5.02. The fourth-order valence-electron chi connectivity index (χ4n) is 3.68.